The van der Waals surface area contributed by atoms with Gasteiger partial charge in [-0.05, 0) is 24.3 Å². The van der Waals surface area contributed by atoms with Crippen LogP contribution < -0.4 is 5.32 Å². The van der Waals surface area contributed by atoms with E-state index in [2.05, 4.69) is 10.2 Å². The Kier molecular flexibility index (Phi) is 5.01. The smallest absolute Gasteiger partial charge is 0.321 e. The molecule has 28 heavy (non-hydrogen) atoms. The van der Waals surface area contributed by atoms with Crippen LogP contribution in [-0.2, 0) is 9.53 Å². The molecule has 3 saturated heterocycles. The lowest BCUT2D eigenvalue weighted by atomic mass is 9.82. The van der Waals surface area contributed by atoms with Gasteiger partial charge in [-0.25, -0.2) is 9.18 Å². The largest absolute Gasteiger partial charge is 0.378 e. The molecule has 3 amide bonds. The maximum Gasteiger partial charge on any atom is 0.321 e. The summed E-state index contributed by atoms with van der Waals surface area (Å²) in [5, 5.41) is 2.81. The summed E-state index contributed by atoms with van der Waals surface area (Å²) in [4.78, 5) is 31.3. The Morgan fingerprint density at radius 2 is 1.86 bits per heavy atom. The first-order chi connectivity index (χ1) is 13.4. The van der Waals surface area contributed by atoms with Crippen molar-refractivity contribution in [2.75, 3.05) is 51.3 Å². The lowest BCUT2D eigenvalue weighted by Gasteiger charge is -2.63. The summed E-state index contributed by atoms with van der Waals surface area (Å²) in [5.41, 5.74) is 0.356. The number of nitrogens with one attached hydrogen (secondary N) is 1. The molecule has 1 aromatic carbocycles. The highest BCUT2D eigenvalue weighted by molar-refractivity contribution is 5.90. The van der Waals surface area contributed by atoms with E-state index < -0.39 is 0 Å². The molecule has 1 spiro atoms. The van der Waals surface area contributed by atoms with Crippen molar-refractivity contribution < 1.29 is 18.7 Å². The Hall–Kier alpha value is -2.19. The van der Waals surface area contributed by atoms with Crippen LogP contribution in [0.3, 0.4) is 0 Å². The number of fused-ring (bicyclic) bond motifs is 2. The molecular weight excluding hydrogens is 363 g/mol. The minimum absolute atomic E-state index is 0.0499. The SMILES string of the molecule is CC(C)C(=O)N1C[C@@H]2COCCN2C2(CN(C(=O)Nc3ccc(F)cc3)C2)C1. The molecule has 0 aromatic heterocycles. The molecule has 7 nitrogen and oxygen atoms in total. The van der Waals surface area contributed by atoms with Gasteiger partial charge in [-0.15, -0.1) is 0 Å². The quantitative estimate of drug-likeness (QED) is 0.833. The molecule has 0 bridgehead atoms. The lowest BCUT2D eigenvalue weighted by molar-refractivity contribution is -0.169. The molecule has 1 N–H and O–H groups in total. The average Bonchev–Trinajstić information content (AvgIpc) is 2.66. The van der Waals surface area contributed by atoms with Crippen molar-refractivity contribution in [2.24, 2.45) is 5.92 Å². The van der Waals surface area contributed by atoms with E-state index in [9.17, 15) is 14.0 Å². The van der Waals surface area contributed by atoms with E-state index in [1.807, 2.05) is 18.7 Å². The summed E-state index contributed by atoms with van der Waals surface area (Å²) in [5.74, 6) is -0.235. The summed E-state index contributed by atoms with van der Waals surface area (Å²) in [6.07, 6.45) is 0. The van der Waals surface area contributed by atoms with Crippen molar-refractivity contribution in [3.8, 4) is 0 Å². The minimum atomic E-state index is -0.337. The highest BCUT2D eigenvalue weighted by atomic mass is 19.1. The number of amides is 3. The third-order valence-electron chi connectivity index (χ3n) is 5.91. The van der Waals surface area contributed by atoms with E-state index >= 15 is 0 Å². The average molecular weight is 390 g/mol. The van der Waals surface area contributed by atoms with Gasteiger partial charge in [-0.2, -0.15) is 0 Å². The Bertz CT molecular complexity index is 748. The van der Waals surface area contributed by atoms with Crippen LogP contribution in [0, 0.1) is 11.7 Å². The van der Waals surface area contributed by atoms with E-state index in [1.54, 1.807) is 17.0 Å². The van der Waals surface area contributed by atoms with Crippen molar-refractivity contribution in [1.82, 2.24) is 14.7 Å². The molecule has 3 aliphatic heterocycles. The number of morpholine rings is 1. The van der Waals surface area contributed by atoms with Crippen LogP contribution in [0.4, 0.5) is 14.9 Å². The lowest BCUT2D eigenvalue weighted by Crippen LogP contribution is -2.81. The van der Waals surface area contributed by atoms with Crippen LogP contribution in [0.5, 0.6) is 0 Å². The predicted octanol–water partition coefficient (Wildman–Crippen LogP) is 1.61. The van der Waals surface area contributed by atoms with Gasteiger partial charge in [-0.3, -0.25) is 9.69 Å². The monoisotopic (exact) mass is 390 g/mol. The van der Waals surface area contributed by atoms with Crippen molar-refractivity contribution in [3.63, 3.8) is 0 Å². The Morgan fingerprint density at radius 3 is 2.54 bits per heavy atom. The molecular formula is C20H27FN4O3. The van der Waals surface area contributed by atoms with Crippen molar-refractivity contribution >= 4 is 17.6 Å². The van der Waals surface area contributed by atoms with Crippen LogP contribution >= 0.6 is 0 Å². The standard InChI is InChI=1S/C20H27FN4O3/c1-14(2)18(26)23-9-17-10-28-8-7-25(17)20(11-23)12-24(13-20)19(27)22-16-5-3-15(21)4-6-16/h3-6,14,17H,7-13H2,1-2H3,(H,22,27)/t17-/m1/s1. The van der Waals surface area contributed by atoms with Crippen LogP contribution in [-0.4, -0.2) is 84.2 Å². The maximum atomic E-state index is 13.0. The van der Waals surface area contributed by atoms with Gasteiger partial charge >= 0.3 is 6.03 Å². The van der Waals surface area contributed by atoms with E-state index in [1.165, 1.54) is 12.1 Å². The first kappa shape index (κ1) is 19.1. The second kappa shape index (κ2) is 7.33. The number of halogens is 1. The third kappa shape index (κ3) is 3.46. The molecule has 0 unspecified atom stereocenters. The second-order valence-electron chi connectivity index (χ2n) is 8.31. The number of piperazine rings is 1. The van der Waals surface area contributed by atoms with Crippen LogP contribution in [0.25, 0.3) is 0 Å². The normalized spacial score (nSPS) is 24.1. The summed E-state index contributed by atoms with van der Waals surface area (Å²) in [7, 11) is 0. The van der Waals surface area contributed by atoms with E-state index in [4.69, 9.17) is 4.74 Å². The Morgan fingerprint density at radius 1 is 1.18 bits per heavy atom. The summed E-state index contributed by atoms with van der Waals surface area (Å²) in [6.45, 7) is 8.41. The topological polar surface area (TPSA) is 65.1 Å². The van der Waals surface area contributed by atoms with Gasteiger partial charge in [0.15, 0.2) is 0 Å². The molecule has 3 heterocycles. The van der Waals surface area contributed by atoms with E-state index in [0.29, 0.717) is 45.1 Å². The van der Waals surface area contributed by atoms with Gasteiger partial charge in [0.05, 0.1) is 24.8 Å². The number of nitrogens with zero attached hydrogens (tertiary/aromatic N) is 3. The molecule has 3 aliphatic rings. The van der Waals surface area contributed by atoms with Crippen LogP contribution in [0.1, 0.15) is 13.8 Å². The fraction of sp³-hybridized carbons (Fsp3) is 0.600. The number of anilines is 1. The van der Waals surface area contributed by atoms with Gasteiger partial charge < -0.3 is 19.9 Å². The molecule has 0 aliphatic carbocycles. The van der Waals surface area contributed by atoms with Gasteiger partial charge in [0.25, 0.3) is 0 Å². The van der Waals surface area contributed by atoms with Crippen molar-refractivity contribution in [2.45, 2.75) is 25.4 Å². The number of rotatable bonds is 2. The zero-order valence-electron chi connectivity index (χ0n) is 16.4. The molecule has 4 rings (SSSR count). The van der Waals surface area contributed by atoms with Crippen LogP contribution in [0.2, 0.25) is 0 Å². The number of likely N-dealkylation sites (tertiary alicyclic amines) is 1. The number of carbonyl (C=O) groups is 2. The summed E-state index contributed by atoms with van der Waals surface area (Å²) in [6, 6.07) is 5.71. The molecule has 1 atom stereocenters. The molecule has 8 heteroatoms. The van der Waals surface area contributed by atoms with Gasteiger partial charge in [0, 0.05) is 44.3 Å². The van der Waals surface area contributed by atoms with Crippen molar-refractivity contribution in [1.29, 1.82) is 0 Å². The zero-order valence-corrected chi connectivity index (χ0v) is 16.4. The molecule has 152 valence electrons. The summed E-state index contributed by atoms with van der Waals surface area (Å²) < 4.78 is 18.7. The number of benzene rings is 1. The molecule has 3 fully saturated rings. The fourth-order valence-electron chi connectivity index (χ4n) is 4.55. The van der Waals surface area contributed by atoms with Gasteiger partial charge in [-0.1, -0.05) is 13.8 Å². The number of carbonyl (C=O) groups excluding carboxylic acids is 2. The summed E-state index contributed by atoms with van der Waals surface area (Å²) >= 11 is 0. The third-order valence-corrected chi connectivity index (χ3v) is 5.91. The number of hydrogen-bond donors (Lipinski definition) is 1. The second-order valence-corrected chi connectivity index (χ2v) is 8.31. The zero-order chi connectivity index (χ0) is 19.9. The van der Waals surface area contributed by atoms with Crippen molar-refractivity contribution in [3.05, 3.63) is 30.1 Å². The highest BCUT2D eigenvalue weighted by Crippen LogP contribution is 2.36. The molecule has 1 aromatic rings. The predicted molar refractivity (Wildman–Crippen MR) is 102 cm³/mol. The highest BCUT2D eigenvalue weighted by Gasteiger charge is 2.56. The van der Waals surface area contributed by atoms with Gasteiger partial charge in [0.2, 0.25) is 5.91 Å². The van der Waals surface area contributed by atoms with E-state index in [-0.39, 0.29) is 35.3 Å². The Labute approximate surface area is 164 Å². The Balaban J connectivity index is 1.45. The van der Waals surface area contributed by atoms with E-state index in [0.717, 1.165) is 6.54 Å². The number of hydrogen-bond acceptors (Lipinski definition) is 4. The molecule has 0 radical (unpaired) electrons. The molecule has 0 saturated carbocycles. The maximum absolute atomic E-state index is 13.0. The number of urea groups is 1. The van der Waals surface area contributed by atoms with Crippen LogP contribution in [0.15, 0.2) is 24.3 Å². The fourth-order valence-corrected chi connectivity index (χ4v) is 4.55. The van der Waals surface area contributed by atoms with Gasteiger partial charge in [0.1, 0.15) is 5.82 Å². The first-order valence-corrected chi connectivity index (χ1v) is 9.83. The first-order valence-electron chi connectivity index (χ1n) is 9.83. The number of ether oxygens (including phenoxy) is 1. The minimum Gasteiger partial charge on any atom is -0.378 e.